The third-order valence-electron chi connectivity index (χ3n) is 2.44. The van der Waals surface area contributed by atoms with Crippen LogP contribution in [0, 0.1) is 2.88 Å². The van der Waals surface area contributed by atoms with E-state index in [1.165, 1.54) is 11.3 Å². The minimum Gasteiger partial charge on any atom is -0.481 e. The number of carbonyl (C=O) groups is 2. The van der Waals surface area contributed by atoms with Crippen LogP contribution in [0.2, 0.25) is 0 Å². The Labute approximate surface area is 127 Å². The molecule has 2 rings (SSSR count). The second-order valence-corrected chi connectivity index (χ2v) is 6.63. The van der Waals surface area contributed by atoms with Crippen LogP contribution < -0.4 is 5.32 Å². The summed E-state index contributed by atoms with van der Waals surface area (Å²) in [7, 11) is 0. The summed E-state index contributed by atoms with van der Waals surface area (Å²) in [4.78, 5) is 22.8. The second kappa shape index (κ2) is 6.16. The number of anilines is 1. The summed E-state index contributed by atoms with van der Waals surface area (Å²) in [6.07, 6.45) is -0.113. The molecule has 0 fully saturated rings. The van der Waals surface area contributed by atoms with Crippen LogP contribution in [0.5, 0.6) is 0 Å². The SMILES string of the molecule is O=C(O)Cc1ccccc1NC(=O)c1csc(I)c1. The highest BCUT2D eigenvalue weighted by atomic mass is 127. The van der Waals surface area contributed by atoms with Crippen molar-refractivity contribution in [3.63, 3.8) is 0 Å². The predicted octanol–water partition coefficient (Wildman–Crippen LogP) is 3.23. The lowest BCUT2D eigenvalue weighted by Crippen LogP contribution is -2.13. The minimum atomic E-state index is -0.924. The molecule has 0 spiro atoms. The third kappa shape index (κ3) is 3.77. The van der Waals surface area contributed by atoms with Crippen molar-refractivity contribution < 1.29 is 14.7 Å². The maximum atomic E-state index is 12.0. The van der Waals surface area contributed by atoms with Crippen LogP contribution in [0.25, 0.3) is 0 Å². The van der Waals surface area contributed by atoms with Gasteiger partial charge >= 0.3 is 5.97 Å². The molecule has 2 aromatic rings. The maximum Gasteiger partial charge on any atom is 0.307 e. The average Bonchev–Trinajstić information content (AvgIpc) is 2.78. The molecule has 1 aromatic carbocycles. The van der Waals surface area contributed by atoms with Crippen LogP contribution in [0.3, 0.4) is 0 Å². The van der Waals surface area contributed by atoms with E-state index < -0.39 is 5.97 Å². The number of benzene rings is 1. The van der Waals surface area contributed by atoms with E-state index in [0.29, 0.717) is 16.8 Å². The molecule has 0 radical (unpaired) electrons. The highest BCUT2D eigenvalue weighted by molar-refractivity contribution is 14.1. The zero-order chi connectivity index (χ0) is 13.8. The molecule has 0 saturated carbocycles. The first-order valence-electron chi connectivity index (χ1n) is 5.41. The molecule has 98 valence electrons. The Morgan fingerprint density at radius 1 is 1.32 bits per heavy atom. The van der Waals surface area contributed by atoms with Crippen molar-refractivity contribution >= 4 is 51.5 Å². The number of amides is 1. The van der Waals surface area contributed by atoms with E-state index in [-0.39, 0.29) is 12.3 Å². The summed E-state index contributed by atoms with van der Waals surface area (Å²) in [5.74, 6) is -1.15. The van der Waals surface area contributed by atoms with Gasteiger partial charge in [-0.25, -0.2) is 0 Å². The lowest BCUT2D eigenvalue weighted by Gasteiger charge is -2.08. The van der Waals surface area contributed by atoms with Gasteiger partial charge in [-0.1, -0.05) is 18.2 Å². The summed E-state index contributed by atoms with van der Waals surface area (Å²) in [6, 6.07) is 8.70. The van der Waals surface area contributed by atoms with Gasteiger partial charge in [0.2, 0.25) is 0 Å². The van der Waals surface area contributed by atoms with Crippen molar-refractivity contribution in [1.29, 1.82) is 0 Å². The van der Waals surface area contributed by atoms with Gasteiger partial charge in [-0.05, 0) is 40.3 Å². The number of carbonyl (C=O) groups excluding carboxylic acids is 1. The summed E-state index contributed by atoms with van der Waals surface area (Å²) in [5, 5.41) is 13.4. The molecule has 1 aromatic heterocycles. The molecule has 19 heavy (non-hydrogen) atoms. The topological polar surface area (TPSA) is 66.4 Å². The monoisotopic (exact) mass is 387 g/mol. The number of para-hydroxylation sites is 1. The molecule has 2 N–H and O–H groups in total. The van der Waals surface area contributed by atoms with Gasteiger partial charge in [-0.2, -0.15) is 0 Å². The normalized spacial score (nSPS) is 10.2. The van der Waals surface area contributed by atoms with Crippen molar-refractivity contribution in [3.8, 4) is 0 Å². The van der Waals surface area contributed by atoms with E-state index in [9.17, 15) is 9.59 Å². The van der Waals surface area contributed by atoms with Crippen molar-refractivity contribution in [2.24, 2.45) is 0 Å². The molecule has 0 aliphatic heterocycles. The Hall–Kier alpha value is -1.41. The Kier molecular flexibility index (Phi) is 4.54. The Morgan fingerprint density at radius 3 is 2.68 bits per heavy atom. The van der Waals surface area contributed by atoms with Crippen LogP contribution in [0.4, 0.5) is 5.69 Å². The fourth-order valence-electron chi connectivity index (χ4n) is 1.58. The highest BCUT2D eigenvalue weighted by Gasteiger charge is 2.11. The van der Waals surface area contributed by atoms with Gasteiger partial charge in [0.25, 0.3) is 5.91 Å². The van der Waals surface area contributed by atoms with Crippen LogP contribution in [-0.4, -0.2) is 17.0 Å². The molecule has 0 saturated heterocycles. The molecular formula is C13H10INO3S. The van der Waals surface area contributed by atoms with Crippen LogP contribution in [-0.2, 0) is 11.2 Å². The van der Waals surface area contributed by atoms with Gasteiger partial charge in [0.1, 0.15) is 0 Å². The van der Waals surface area contributed by atoms with E-state index >= 15 is 0 Å². The molecule has 6 heteroatoms. The van der Waals surface area contributed by atoms with Gasteiger partial charge < -0.3 is 10.4 Å². The maximum absolute atomic E-state index is 12.0. The standard InChI is InChI=1S/C13H10INO3S/c14-11-5-9(7-19-11)13(18)15-10-4-2-1-3-8(10)6-12(16)17/h1-5,7H,6H2,(H,15,18)(H,16,17). The zero-order valence-electron chi connectivity index (χ0n) is 9.72. The first-order valence-corrected chi connectivity index (χ1v) is 7.37. The Bertz CT molecular complexity index is 624. The number of hydrogen-bond acceptors (Lipinski definition) is 3. The summed E-state index contributed by atoms with van der Waals surface area (Å²) < 4.78 is 1.03. The number of nitrogens with one attached hydrogen (secondary N) is 1. The van der Waals surface area contributed by atoms with E-state index in [0.717, 1.165) is 2.88 Å². The number of thiophene rings is 1. The van der Waals surface area contributed by atoms with E-state index in [1.807, 2.05) is 0 Å². The van der Waals surface area contributed by atoms with Crippen molar-refractivity contribution in [3.05, 3.63) is 49.7 Å². The number of carboxylic acid groups (broad SMARTS) is 1. The van der Waals surface area contributed by atoms with Gasteiger partial charge in [-0.3, -0.25) is 9.59 Å². The third-order valence-corrected chi connectivity index (χ3v) is 4.23. The van der Waals surface area contributed by atoms with E-state index in [2.05, 4.69) is 27.9 Å². The molecular weight excluding hydrogens is 377 g/mol. The fourth-order valence-corrected chi connectivity index (χ4v) is 2.91. The molecule has 0 bridgehead atoms. The molecule has 1 amide bonds. The number of carboxylic acids is 1. The smallest absolute Gasteiger partial charge is 0.307 e. The van der Waals surface area contributed by atoms with Crippen LogP contribution in [0.1, 0.15) is 15.9 Å². The zero-order valence-corrected chi connectivity index (χ0v) is 12.7. The fraction of sp³-hybridized carbons (Fsp3) is 0.0769. The van der Waals surface area contributed by atoms with Gasteiger partial charge in [-0.15, -0.1) is 11.3 Å². The molecule has 4 nitrogen and oxygen atoms in total. The van der Waals surface area contributed by atoms with Crippen molar-refractivity contribution in [2.45, 2.75) is 6.42 Å². The lowest BCUT2D eigenvalue weighted by molar-refractivity contribution is -0.136. The molecule has 0 aliphatic rings. The summed E-state index contributed by atoms with van der Waals surface area (Å²) in [5.41, 5.74) is 1.71. The average molecular weight is 387 g/mol. The van der Waals surface area contributed by atoms with E-state index in [4.69, 9.17) is 5.11 Å². The number of rotatable bonds is 4. The van der Waals surface area contributed by atoms with Gasteiger partial charge in [0.15, 0.2) is 0 Å². The number of hydrogen-bond donors (Lipinski definition) is 2. The molecule has 0 unspecified atom stereocenters. The number of aliphatic carboxylic acids is 1. The number of halogens is 1. The lowest BCUT2D eigenvalue weighted by atomic mass is 10.1. The van der Waals surface area contributed by atoms with Crippen molar-refractivity contribution in [1.82, 2.24) is 0 Å². The van der Waals surface area contributed by atoms with E-state index in [1.54, 1.807) is 35.7 Å². The Balaban J connectivity index is 2.19. The summed E-state index contributed by atoms with van der Waals surface area (Å²) in [6.45, 7) is 0. The Morgan fingerprint density at radius 2 is 2.05 bits per heavy atom. The van der Waals surface area contributed by atoms with Gasteiger partial charge in [0, 0.05) is 11.1 Å². The molecule has 0 aliphatic carbocycles. The minimum absolute atomic E-state index is 0.113. The second-order valence-electron chi connectivity index (χ2n) is 3.82. The first-order chi connectivity index (χ1) is 9.06. The molecule has 1 heterocycles. The quantitative estimate of drug-likeness (QED) is 0.792. The largest absolute Gasteiger partial charge is 0.481 e. The first kappa shape index (κ1) is 14.0. The van der Waals surface area contributed by atoms with Crippen molar-refractivity contribution in [2.75, 3.05) is 5.32 Å². The predicted molar refractivity (Wildman–Crippen MR) is 82.8 cm³/mol. The highest BCUT2D eigenvalue weighted by Crippen LogP contribution is 2.20. The van der Waals surface area contributed by atoms with Crippen LogP contribution in [0.15, 0.2) is 35.7 Å². The molecule has 0 atom stereocenters. The van der Waals surface area contributed by atoms with Gasteiger partial charge in [0.05, 0.1) is 14.9 Å². The summed E-state index contributed by atoms with van der Waals surface area (Å²) >= 11 is 3.64. The van der Waals surface area contributed by atoms with Crippen LogP contribution >= 0.6 is 33.9 Å².